The van der Waals surface area contributed by atoms with E-state index in [1.165, 1.54) is 5.01 Å². The minimum absolute atomic E-state index is 0.0497. The quantitative estimate of drug-likeness (QED) is 0.868. The topological polar surface area (TPSA) is 41.9 Å². The normalized spacial score (nSPS) is 13.9. The molecule has 0 aliphatic carbocycles. The first-order valence-corrected chi connectivity index (χ1v) is 7.42. The van der Waals surface area contributed by atoms with Gasteiger partial charge in [0.2, 0.25) is 0 Å². The van der Waals surface area contributed by atoms with Gasteiger partial charge in [-0.1, -0.05) is 48.0 Å². The standard InChI is InChI=1S/C17H15ClN2O2/c18-14-7-4-8-15(11-14)22-12-17(21)20-10-9-16(19-20)13-5-2-1-3-6-13/h1-8,11H,9-10,12H2. The van der Waals surface area contributed by atoms with Gasteiger partial charge in [0.15, 0.2) is 6.61 Å². The predicted molar refractivity (Wildman–Crippen MR) is 86.3 cm³/mol. The van der Waals surface area contributed by atoms with Gasteiger partial charge in [0.05, 0.1) is 12.3 Å². The fraction of sp³-hybridized carbons (Fsp3) is 0.176. The number of hydrogen-bond donors (Lipinski definition) is 0. The maximum absolute atomic E-state index is 12.1. The molecule has 1 aliphatic rings. The summed E-state index contributed by atoms with van der Waals surface area (Å²) < 4.78 is 5.46. The second-order valence-corrected chi connectivity index (χ2v) is 5.36. The van der Waals surface area contributed by atoms with E-state index in [-0.39, 0.29) is 12.5 Å². The van der Waals surface area contributed by atoms with Crippen molar-refractivity contribution < 1.29 is 9.53 Å². The van der Waals surface area contributed by atoms with Crippen LogP contribution in [0.2, 0.25) is 5.02 Å². The zero-order valence-electron chi connectivity index (χ0n) is 11.9. The van der Waals surface area contributed by atoms with Gasteiger partial charge in [-0.3, -0.25) is 4.79 Å². The summed E-state index contributed by atoms with van der Waals surface area (Å²) in [5.41, 5.74) is 1.98. The zero-order valence-corrected chi connectivity index (χ0v) is 12.7. The first kappa shape index (κ1) is 14.6. The van der Waals surface area contributed by atoms with Crippen molar-refractivity contribution >= 4 is 23.2 Å². The molecule has 5 heteroatoms. The van der Waals surface area contributed by atoms with Gasteiger partial charge in [0.25, 0.3) is 5.91 Å². The highest BCUT2D eigenvalue weighted by atomic mass is 35.5. The van der Waals surface area contributed by atoms with Crippen molar-refractivity contribution in [3.05, 3.63) is 65.2 Å². The first-order chi connectivity index (χ1) is 10.7. The second kappa shape index (κ2) is 6.62. The molecule has 22 heavy (non-hydrogen) atoms. The van der Waals surface area contributed by atoms with E-state index < -0.39 is 0 Å². The monoisotopic (exact) mass is 314 g/mol. The molecule has 0 radical (unpaired) electrons. The Hall–Kier alpha value is -2.33. The van der Waals surface area contributed by atoms with E-state index in [2.05, 4.69) is 5.10 Å². The molecule has 2 aromatic carbocycles. The molecule has 0 saturated heterocycles. The minimum atomic E-state index is -0.161. The number of rotatable bonds is 4. The molecule has 0 aromatic heterocycles. The average molecular weight is 315 g/mol. The summed E-state index contributed by atoms with van der Waals surface area (Å²) in [6.07, 6.45) is 0.757. The zero-order chi connectivity index (χ0) is 15.4. The van der Waals surface area contributed by atoms with Crippen molar-refractivity contribution in [2.24, 2.45) is 5.10 Å². The molecule has 0 N–H and O–H groups in total. The van der Waals surface area contributed by atoms with Gasteiger partial charge in [0.1, 0.15) is 5.75 Å². The lowest BCUT2D eigenvalue weighted by Gasteiger charge is -2.12. The van der Waals surface area contributed by atoms with Gasteiger partial charge in [-0.15, -0.1) is 0 Å². The molecule has 1 aliphatic heterocycles. The van der Waals surface area contributed by atoms with Crippen LogP contribution in [0.5, 0.6) is 5.75 Å². The lowest BCUT2D eigenvalue weighted by Crippen LogP contribution is -2.28. The number of carbonyl (C=O) groups is 1. The number of benzene rings is 2. The van der Waals surface area contributed by atoms with E-state index >= 15 is 0 Å². The maximum atomic E-state index is 12.1. The lowest BCUT2D eigenvalue weighted by molar-refractivity contribution is -0.132. The van der Waals surface area contributed by atoms with Crippen LogP contribution in [0.3, 0.4) is 0 Å². The number of nitrogens with zero attached hydrogens (tertiary/aromatic N) is 2. The molecule has 112 valence electrons. The fourth-order valence-corrected chi connectivity index (χ4v) is 2.43. The molecular formula is C17H15ClN2O2. The van der Waals surface area contributed by atoms with Crippen molar-refractivity contribution in [1.82, 2.24) is 5.01 Å². The molecule has 1 amide bonds. The van der Waals surface area contributed by atoms with Gasteiger partial charge in [0, 0.05) is 11.4 Å². The van der Waals surface area contributed by atoms with E-state index in [4.69, 9.17) is 16.3 Å². The van der Waals surface area contributed by atoms with Crippen molar-refractivity contribution in [2.75, 3.05) is 13.2 Å². The third-order valence-electron chi connectivity index (χ3n) is 3.36. The average Bonchev–Trinajstić information content (AvgIpc) is 3.04. The Kier molecular flexibility index (Phi) is 4.39. The Morgan fingerprint density at radius 2 is 2.00 bits per heavy atom. The number of halogens is 1. The summed E-state index contributed by atoms with van der Waals surface area (Å²) in [6.45, 7) is 0.536. The van der Waals surface area contributed by atoms with Crippen LogP contribution in [0.1, 0.15) is 12.0 Å². The van der Waals surface area contributed by atoms with Crippen LogP contribution in [0, 0.1) is 0 Å². The molecule has 1 heterocycles. The van der Waals surface area contributed by atoms with E-state index in [9.17, 15) is 4.79 Å². The number of amides is 1. The van der Waals surface area contributed by atoms with Crippen LogP contribution >= 0.6 is 11.6 Å². The van der Waals surface area contributed by atoms with Gasteiger partial charge in [-0.2, -0.15) is 5.10 Å². The van der Waals surface area contributed by atoms with Crippen molar-refractivity contribution in [2.45, 2.75) is 6.42 Å². The van der Waals surface area contributed by atoms with E-state index in [0.717, 1.165) is 17.7 Å². The SMILES string of the molecule is O=C(COc1cccc(Cl)c1)N1CCC(c2ccccc2)=N1. The van der Waals surface area contributed by atoms with Gasteiger partial charge < -0.3 is 4.74 Å². The van der Waals surface area contributed by atoms with E-state index in [1.54, 1.807) is 24.3 Å². The Labute approximate surface area is 134 Å². The van der Waals surface area contributed by atoms with Gasteiger partial charge in [-0.05, 0) is 23.8 Å². The van der Waals surface area contributed by atoms with E-state index in [0.29, 0.717) is 17.3 Å². The van der Waals surface area contributed by atoms with Crippen LogP contribution in [-0.2, 0) is 4.79 Å². The third-order valence-corrected chi connectivity index (χ3v) is 3.59. The fourth-order valence-electron chi connectivity index (χ4n) is 2.25. The highest BCUT2D eigenvalue weighted by molar-refractivity contribution is 6.30. The Bertz CT molecular complexity index is 701. The highest BCUT2D eigenvalue weighted by Crippen LogP contribution is 2.18. The molecule has 0 fully saturated rings. The summed E-state index contributed by atoms with van der Waals surface area (Å²) in [5.74, 6) is 0.415. The molecular weight excluding hydrogens is 300 g/mol. The van der Waals surface area contributed by atoms with Crippen LogP contribution in [0.4, 0.5) is 0 Å². The Balaban J connectivity index is 1.61. The Morgan fingerprint density at radius 3 is 2.77 bits per heavy atom. The summed E-state index contributed by atoms with van der Waals surface area (Å²) >= 11 is 5.88. The van der Waals surface area contributed by atoms with Crippen LogP contribution in [0.15, 0.2) is 59.7 Å². The maximum Gasteiger partial charge on any atom is 0.280 e. The summed E-state index contributed by atoms with van der Waals surface area (Å²) in [4.78, 5) is 12.1. The number of ether oxygens (including phenoxy) is 1. The third kappa shape index (κ3) is 3.46. The lowest BCUT2D eigenvalue weighted by atomic mass is 10.1. The number of carbonyl (C=O) groups excluding carboxylic acids is 1. The molecule has 0 spiro atoms. The number of hydrogen-bond acceptors (Lipinski definition) is 3. The molecule has 0 saturated carbocycles. The molecule has 0 atom stereocenters. The van der Waals surface area contributed by atoms with Crippen molar-refractivity contribution in [1.29, 1.82) is 0 Å². The van der Waals surface area contributed by atoms with Crippen molar-refractivity contribution in [3.8, 4) is 5.75 Å². The van der Waals surface area contributed by atoms with Crippen molar-refractivity contribution in [3.63, 3.8) is 0 Å². The highest BCUT2D eigenvalue weighted by Gasteiger charge is 2.21. The Morgan fingerprint density at radius 1 is 1.18 bits per heavy atom. The molecule has 4 nitrogen and oxygen atoms in total. The largest absolute Gasteiger partial charge is 0.484 e. The van der Waals surface area contributed by atoms with Crippen LogP contribution < -0.4 is 4.74 Å². The molecule has 0 unspecified atom stereocenters. The minimum Gasteiger partial charge on any atom is -0.484 e. The van der Waals surface area contributed by atoms with Gasteiger partial charge in [-0.25, -0.2) is 5.01 Å². The summed E-state index contributed by atoms with van der Waals surface area (Å²) in [7, 11) is 0. The second-order valence-electron chi connectivity index (χ2n) is 4.93. The number of hydrazone groups is 1. The predicted octanol–water partition coefficient (Wildman–Crippen LogP) is 3.36. The smallest absolute Gasteiger partial charge is 0.280 e. The van der Waals surface area contributed by atoms with E-state index in [1.807, 2.05) is 30.3 Å². The van der Waals surface area contributed by atoms with Crippen LogP contribution in [0.25, 0.3) is 0 Å². The molecule has 2 aromatic rings. The molecule has 0 bridgehead atoms. The molecule has 3 rings (SSSR count). The summed E-state index contributed by atoms with van der Waals surface area (Å²) in [5, 5.41) is 6.43. The first-order valence-electron chi connectivity index (χ1n) is 7.04. The van der Waals surface area contributed by atoms with Crippen LogP contribution in [-0.4, -0.2) is 29.8 Å². The van der Waals surface area contributed by atoms with Gasteiger partial charge >= 0.3 is 0 Å². The summed E-state index contributed by atoms with van der Waals surface area (Å²) in [6, 6.07) is 16.9.